The minimum Gasteiger partial charge on any atom is -0.481 e. The van der Waals surface area contributed by atoms with Crippen molar-refractivity contribution in [1.29, 1.82) is 0 Å². The predicted octanol–water partition coefficient (Wildman–Crippen LogP) is 2.14. The normalized spacial score (nSPS) is 16.8. The highest BCUT2D eigenvalue weighted by molar-refractivity contribution is 5.90. The Morgan fingerprint density at radius 3 is 2.70 bits per heavy atom. The average Bonchev–Trinajstić information content (AvgIpc) is 2.74. The van der Waals surface area contributed by atoms with Gasteiger partial charge in [-0.25, -0.2) is 9.97 Å². The van der Waals surface area contributed by atoms with Crippen LogP contribution in [0.2, 0.25) is 0 Å². The predicted molar refractivity (Wildman–Crippen MR) is 73.9 cm³/mol. The van der Waals surface area contributed by atoms with Crippen LogP contribution in [0.4, 0.5) is 5.82 Å². The van der Waals surface area contributed by atoms with Gasteiger partial charge in [0.25, 0.3) is 0 Å². The second-order valence-electron chi connectivity index (χ2n) is 5.26. The number of piperidine rings is 1. The van der Waals surface area contributed by atoms with E-state index >= 15 is 0 Å². The van der Waals surface area contributed by atoms with E-state index in [0.29, 0.717) is 31.6 Å². The van der Waals surface area contributed by atoms with Gasteiger partial charge >= 0.3 is 5.97 Å². The third-order valence-corrected chi connectivity index (χ3v) is 4.09. The summed E-state index contributed by atoms with van der Waals surface area (Å²) in [5.41, 5.74) is 1.65. The van der Waals surface area contributed by atoms with Crippen LogP contribution in [-0.2, 0) is 4.79 Å². The van der Waals surface area contributed by atoms with E-state index in [1.54, 1.807) is 0 Å². The Morgan fingerprint density at radius 1 is 1.35 bits per heavy atom. The molecule has 0 atom stereocenters. The fraction of sp³-hybridized carbons (Fsp3) is 0.500. The molecule has 2 aromatic heterocycles. The zero-order chi connectivity index (χ0) is 14.3. The van der Waals surface area contributed by atoms with E-state index in [-0.39, 0.29) is 5.92 Å². The maximum Gasteiger partial charge on any atom is 0.306 e. The van der Waals surface area contributed by atoms with Crippen molar-refractivity contribution < 1.29 is 14.3 Å². The molecule has 0 unspecified atom stereocenters. The van der Waals surface area contributed by atoms with Gasteiger partial charge in [-0.15, -0.1) is 0 Å². The maximum atomic E-state index is 11.0. The molecule has 0 aliphatic carbocycles. The molecule has 20 heavy (non-hydrogen) atoms. The molecule has 0 aromatic carbocycles. The van der Waals surface area contributed by atoms with Gasteiger partial charge in [-0.1, -0.05) is 0 Å². The summed E-state index contributed by atoms with van der Waals surface area (Å²) in [6.07, 6.45) is 2.80. The maximum absolute atomic E-state index is 11.0. The first-order valence-corrected chi connectivity index (χ1v) is 6.76. The average molecular weight is 275 g/mol. The van der Waals surface area contributed by atoms with Gasteiger partial charge < -0.3 is 14.4 Å². The number of aryl methyl sites for hydroxylation is 2. The van der Waals surface area contributed by atoms with Crippen LogP contribution in [0.15, 0.2) is 10.7 Å². The summed E-state index contributed by atoms with van der Waals surface area (Å²) in [6.45, 7) is 5.31. The number of carbonyl (C=O) groups is 1. The quantitative estimate of drug-likeness (QED) is 0.904. The van der Waals surface area contributed by atoms with Gasteiger partial charge in [0.1, 0.15) is 17.9 Å². The van der Waals surface area contributed by atoms with Gasteiger partial charge in [0.15, 0.2) is 0 Å². The molecule has 0 bridgehead atoms. The summed E-state index contributed by atoms with van der Waals surface area (Å²) in [5.74, 6) is 0.763. The molecule has 1 fully saturated rings. The summed E-state index contributed by atoms with van der Waals surface area (Å²) in [5, 5.41) is 10.00. The topological polar surface area (TPSA) is 79.5 Å². The number of rotatable bonds is 2. The molecule has 0 radical (unpaired) electrons. The van der Waals surface area contributed by atoms with Crippen LogP contribution in [0.5, 0.6) is 0 Å². The molecule has 0 amide bonds. The van der Waals surface area contributed by atoms with Crippen LogP contribution in [0.1, 0.15) is 24.2 Å². The van der Waals surface area contributed by atoms with Crippen molar-refractivity contribution in [3.8, 4) is 0 Å². The van der Waals surface area contributed by atoms with Gasteiger partial charge in [-0.2, -0.15) is 0 Å². The van der Waals surface area contributed by atoms with E-state index in [1.165, 1.54) is 6.33 Å². The fourth-order valence-electron chi connectivity index (χ4n) is 2.74. The number of carboxylic acids is 1. The van der Waals surface area contributed by atoms with Gasteiger partial charge in [-0.3, -0.25) is 4.79 Å². The molecule has 0 saturated carbocycles. The molecule has 6 heteroatoms. The molecular formula is C14H17N3O3. The lowest BCUT2D eigenvalue weighted by molar-refractivity contribution is -0.142. The second-order valence-corrected chi connectivity index (χ2v) is 5.26. The summed E-state index contributed by atoms with van der Waals surface area (Å²) in [7, 11) is 0. The molecule has 1 N–H and O–H groups in total. The number of aliphatic carboxylic acids is 1. The van der Waals surface area contributed by atoms with Crippen LogP contribution < -0.4 is 4.90 Å². The van der Waals surface area contributed by atoms with Crippen LogP contribution in [0.25, 0.3) is 11.1 Å². The van der Waals surface area contributed by atoms with Crippen LogP contribution in [0, 0.1) is 19.8 Å². The SMILES string of the molecule is Cc1oc2ncnc(N3CCC(C(=O)O)CC3)c2c1C. The van der Waals surface area contributed by atoms with Gasteiger partial charge in [0.2, 0.25) is 5.71 Å². The fourth-order valence-corrected chi connectivity index (χ4v) is 2.74. The largest absolute Gasteiger partial charge is 0.481 e. The Labute approximate surface area is 116 Å². The molecule has 3 rings (SSSR count). The number of nitrogens with zero attached hydrogens (tertiary/aromatic N) is 3. The third kappa shape index (κ3) is 2.01. The zero-order valence-corrected chi connectivity index (χ0v) is 11.6. The molecule has 1 aliphatic rings. The lowest BCUT2D eigenvalue weighted by Gasteiger charge is -2.31. The third-order valence-electron chi connectivity index (χ3n) is 4.09. The Hall–Kier alpha value is -2.11. The zero-order valence-electron chi connectivity index (χ0n) is 11.6. The molecule has 106 valence electrons. The highest BCUT2D eigenvalue weighted by Crippen LogP contribution is 2.32. The van der Waals surface area contributed by atoms with Crippen molar-refractivity contribution in [1.82, 2.24) is 9.97 Å². The minimum atomic E-state index is -0.701. The van der Waals surface area contributed by atoms with Crippen LogP contribution in [0.3, 0.4) is 0 Å². The van der Waals surface area contributed by atoms with E-state index in [2.05, 4.69) is 14.9 Å². The molecule has 0 spiro atoms. The summed E-state index contributed by atoms with van der Waals surface area (Å²) in [6, 6.07) is 0. The van der Waals surface area contributed by atoms with Gasteiger partial charge in [0, 0.05) is 18.7 Å². The van der Waals surface area contributed by atoms with Crippen molar-refractivity contribution in [3.63, 3.8) is 0 Å². The van der Waals surface area contributed by atoms with E-state index in [0.717, 1.165) is 22.5 Å². The van der Waals surface area contributed by atoms with Crippen molar-refractivity contribution in [3.05, 3.63) is 17.7 Å². The Balaban J connectivity index is 1.94. The lowest BCUT2D eigenvalue weighted by Crippen LogP contribution is -2.36. The van der Waals surface area contributed by atoms with Crippen molar-refractivity contribution >= 4 is 22.9 Å². The number of hydrogen-bond donors (Lipinski definition) is 1. The number of carboxylic acid groups (broad SMARTS) is 1. The Kier molecular flexibility index (Phi) is 3.08. The molecular weight excluding hydrogens is 258 g/mol. The minimum absolute atomic E-state index is 0.240. The monoisotopic (exact) mass is 275 g/mol. The molecule has 2 aromatic rings. The highest BCUT2D eigenvalue weighted by Gasteiger charge is 2.27. The van der Waals surface area contributed by atoms with Crippen LogP contribution in [-0.4, -0.2) is 34.1 Å². The van der Waals surface area contributed by atoms with Crippen molar-refractivity contribution in [2.45, 2.75) is 26.7 Å². The smallest absolute Gasteiger partial charge is 0.306 e. The standard InChI is InChI=1S/C14H17N3O3/c1-8-9(2)20-13-11(8)12(15-7-16-13)17-5-3-10(4-6-17)14(18)19/h7,10H,3-6H2,1-2H3,(H,18,19). The van der Waals surface area contributed by atoms with Gasteiger partial charge in [0.05, 0.1) is 11.3 Å². The number of furan rings is 1. The molecule has 3 heterocycles. The van der Waals surface area contributed by atoms with E-state index in [4.69, 9.17) is 9.52 Å². The first-order chi connectivity index (χ1) is 9.58. The first kappa shape index (κ1) is 12.9. The molecule has 6 nitrogen and oxygen atoms in total. The second kappa shape index (κ2) is 4.77. The molecule has 1 saturated heterocycles. The van der Waals surface area contributed by atoms with E-state index in [9.17, 15) is 4.79 Å². The Morgan fingerprint density at radius 2 is 2.05 bits per heavy atom. The first-order valence-electron chi connectivity index (χ1n) is 6.76. The lowest BCUT2D eigenvalue weighted by atomic mass is 9.97. The van der Waals surface area contributed by atoms with Crippen LogP contribution >= 0.6 is 0 Å². The number of aromatic nitrogens is 2. The number of fused-ring (bicyclic) bond motifs is 1. The van der Waals surface area contributed by atoms with E-state index < -0.39 is 5.97 Å². The molecule has 1 aliphatic heterocycles. The van der Waals surface area contributed by atoms with E-state index in [1.807, 2.05) is 13.8 Å². The number of hydrogen-bond acceptors (Lipinski definition) is 5. The number of anilines is 1. The van der Waals surface area contributed by atoms with Crippen molar-refractivity contribution in [2.75, 3.05) is 18.0 Å². The summed E-state index contributed by atoms with van der Waals surface area (Å²) in [4.78, 5) is 21.7. The highest BCUT2D eigenvalue weighted by atomic mass is 16.4. The summed E-state index contributed by atoms with van der Waals surface area (Å²) < 4.78 is 5.62. The summed E-state index contributed by atoms with van der Waals surface area (Å²) >= 11 is 0. The Bertz CT molecular complexity index is 657. The van der Waals surface area contributed by atoms with Crippen molar-refractivity contribution in [2.24, 2.45) is 5.92 Å². The van der Waals surface area contributed by atoms with Gasteiger partial charge in [-0.05, 0) is 26.7 Å².